The van der Waals surface area contributed by atoms with Crippen LogP contribution in [0.25, 0.3) is 0 Å². The monoisotopic (exact) mass is 281 g/mol. The second-order valence-electron chi connectivity index (χ2n) is 2.74. The first-order valence-corrected chi connectivity index (χ1v) is 6.00. The lowest BCUT2D eigenvalue weighted by Crippen LogP contribution is -2.30. The highest BCUT2D eigenvalue weighted by Gasteiger charge is 2.15. The highest BCUT2D eigenvalue weighted by Crippen LogP contribution is 2.31. The maximum Gasteiger partial charge on any atom is 0.407 e. The standard InChI is InChI=1S/C9H9Cl2NO3S/c1-2-15-9(14)12-4-6(13)5-3-7(10)16-8(5)11/h3H,2,4H2,1H3,(H,12,14). The quantitative estimate of drug-likeness (QED) is 0.864. The van der Waals surface area contributed by atoms with Gasteiger partial charge in [0.2, 0.25) is 0 Å². The fourth-order valence-corrected chi connectivity index (χ4v) is 2.46. The molecule has 1 aromatic heterocycles. The van der Waals surface area contributed by atoms with Gasteiger partial charge in [-0.3, -0.25) is 4.79 Å². The van der Waals surface area contributed by atoms with Gasteiger partial charge in [0.1, 0.15) is 4.34 Å². The van der Waals surface area contributed by atoms with Crippen molar-refractivity contribution in [2.24, 2.45) is 0 Å². The molecule has 0 aromatic carbocycles. The Bertz CT molecular complexity index is 405. The number of thiophene rings is 1. The molecule has 0 fully saturated rings. The van der Waals surface area contributed by atoms with E-state index in [1.54, 1.807) is 6.92 Å². The number of Topliss-reactive ketones (excluding diaryl/α,β-unsaturated/α-hetero) is 1. The molecule has 1 heterocycles. The van der Waals surface area contributed by atoms with Crippen LogP contribution in [0.5, 0.6) is 0 Å². The van der Waals surface area contributed by atoms with Crippen molar-refractivity contribution in [3.63, 3.8) is 0 Å². The van der Waals surface area contributed by atoms with E-state index in [1.807, 2.05) is 0 Å². The molecule has 0 radical (unpaired) electrons. The summed E-state index contributed by atoms with van der Waals surface area (Å²) >= 11 is 12.6. The van der Waals surface area contributed by atoms with Crippen molar-refractivity contribution in [2.45, 2.75) is 6.92 Å². The summed E-state index contributed by atoms with van der Waals surface area (Å²) < 4.78 is 5.36. The molecule has 1 rings (SSSR count). The van der Waals surface area contributed by atoms with Crippen LogP contribution in [0.2, 0.25) is 8.67 Å². The van der Waals surface area contributed by atoms with Gasteiger partial charge < -0.3 is 10.1 Å². The van der Waals surface area contributed by atoms with E-state index in [1.165, 1.54) is 6.07 Å². The molecule has 4 nitrogen and oxygen atoms in total. The van der Waals surface area contributed by atoms with Gasteiger partial charge in [0.05, 0.1) is 23.1 Å². The Morgan fingerprint density at radius 1 is 1.50 bits per heavy atom. The van der Waals surface area contributed by atoms with E-state index in [0.29, 0.717) is 14.2 Å². The molecule has 1 amide bonds. The van der Waals surface area contributed by atoms with Crippen molar-refractivity contribution < 1.29 is 14.3 Å². The second-order valence-corrected chi connectivity index (χ2v) is 5.02. The summed E-state index contributed by atoms with van der Waals surface area (Å²) in [6, 6.07) is 1.48. The number of halogens is 2. The van der Waals surface area contributed by atoms with E-state index in [4.69, 9.17) is 23.2 Å². The molecule has 1 N–H and O–H groups in total. The average Bonchev–Trinajstić information content (AvgIpc) is 2.55. The summed E-state index contributed by atoms with van der Waals surface area (Å²) in [6.07, 6.45) is -0.631. The van der Waals surface area contributed by atoms with Crippen LogP contribution >= 0.6 is 34.5 Å². The van der Waals surface area contributed by atoms with Crippen molar-refractivity contribution in [3.05, 3.63) is 20.3 Å². The minimum atomic E-state index is -0.631. The number of hydrogen-bond donors (Lipinski definition) is 1. The first kappa shape index (κ1) is 13.3. The van der Waals surface area contributed by atoms with Crippen LogP contribution in [-0.2, 0) is 4.74 Å². The molecule has 0 aliphatic heterocycles. The lowest BCUT2D eigenvalue weighted by atomic mass is 10.2. The molecule has 16 heavy (non-hydrogen) atoms. The summed E-state index contributed by atoms with van der Waals surface area (Å²) in [4.78, 5) is 22.5. The molecule has 0 aliphatic rings. The minimum Gasteiger partial charge on any atom is -0.450 e. The Labute approximate surface area is 106 Å². The average molecular weight is 282 g/mol. The number of rotatable bonds is 4. The minimum absolute atomic E-state index is 0.161. The van der Waals surface area contributed by atoms with Gasteiger partial charge in [-0.25, -0.2) is 4.79 Å². The molecule has 0 saturated heterocycles. The van der Waals surface area contributed by atoms with E-state index >= 15 is 0 Å². The highest BCUT2D eigenvalue weighted by atomic mass is 35.5. The summed E-state index contributed by atoms with van der Waals surface area (Å²) in [5.74, 6) is -0.304. The SMILES string of the molecule is CCOC(=O)NCC(=O)c1cc(Cl)sc1Cl. The van der Waals surface area contributed by atoms with Gasteiger partial charge in [0.15, 0.2) is 5.78 Å². The summed E-state index contributed by atoms with van der Waals surface area (Å²) in [5.41, 5.74) is 0.313. The Morgan fingerprint density at radius 3 is 2.69 bits per heavy atom. The summed E-state index contributed by atoms with van der Waals surface area (Å²) in [7, 11) is 0. The third kappa shape index (κ3) is 3.66. The van der Waals surface area contributed by atoms with Gasteiger partial charge in [0, 0.05) is 0 Å². The van der Waals surface area contributed by atoms with Crippen LogP contribution in [0, 0.1) is 0 Å². The topological polar surface area (TPSA) is 55.4 Å². The molecule has 88 valence electrons. The number of amides is 1. The molecule has 0 saturated carbocycles. The first-order chi connectivity index (χ1) is 7.54. The van der Waals surface area contributed by atoms with E-state index < -0.39 is 6.09 Å². The molecular formula is C9H9Cl2NO3S. The van der Waals surface area contributed by atoms with Crippen molar-refractivity contribution in [2.75, 3.05) is 13.2 Å². The molecule has 0 spiro atoms. The molecule has 7 heteroatoms. The number of ether oxygens (including phenoxy) is 1. The number of ketones is 1. The van der Waals surface area contributed by atoms with Crippen LogP contribution in [0.1, 0.15) is 17.3 Å². The second kappa shape index (κ2) is 6.08. The molecular weight excluding hydrogens is 273 g/mol. The van der Waals surface area contributed by atoms with Gasteiger partial charge in [-0.1, -0.05) is 23.2 Å². The normalized spacial score (nSPS) is 9.94. The van der Waals surface area contributed by atoms with Crippen LogP contribution in [0.4, 0.5) is 4.79 Å². The van der Waals surface area contributed by atoms with Crippen LogP contribution < -0.4 is 5.32 Å². The van der Waals surface area contributed by atoms with E-state index in [0.717, 1.165) is 11.3 Å². The van der Waals surface area contributed by atoms with Gasteiger partial charge in [-0.15, -0.1) is 11.3 Å². The summed E-state index contributed by atoms with van der Waals surface area (Å²) in [5, 5.41) is 2.31. The number of carbonyl (C=O) groups is 2. The molecule has 0 aliphatic carbocycles. The smallest absolute Gasteiger partial charge is 0.407 e. The van der Waals surface area contributed by atoms with Crippen LogP contribution in [0.3, 0.4) is 0 Å². The lowest BCUT2D eigenvalue weighted by Gasteiger charge is -2.03. The Hall–Kier alpha value is -0.780. The van der Waals surface area contributed by atoms with Crippen molar-refractivity contribution in [1.29, 1.82) is 0 Å². The van der Waals surface area contributed by atoms with Gasteiger partial charge >= 0.3 is 6.09 Å². The largest absolute Gasteiger partial charge is 0.450 e. The van der Waals surface area contributed by atoms with E-state index in [2.05, 4.69) is 10.1 Å². The Balaban J connectivity index is 2.53. The first-order valence-electron chi connectivity index (χ1n) is 4.43. The van der Waals surface area contributed by atoms with Gasteiger partial charge in [-0.05, 0) is 13.0 Å². The predicted molar refractivity (Wildman–Crippen MR) is 63.7 cm³/mol. The third-order valence-corrected chi connectivity index (χ3v) is 3.11. The molecule has 0 atom stereocenters. The fraction of sp³-hybridized carbons (Fsp3) is 0.333. The fourth-order valence-electron chi connectivity index (χ4n) is 0.960. The molecule has 0 unspecified atom stereocenters. The summed E-state index contributed by atoms with van der Waals surface area (Å²) in [6.45, 7) is 1.77. The predicted octanol–water partition coefficient (Wildman–Crippen LogP) is 2.98. The van der Waals surface area contributed by atoms with Gasteiger partial charge in [0.25, 0.3) is 0 Å². The zero-order valence-electron chi connectivity index (χ0n) is 8.38. The van der Waals surface area contributed by atoms with Crippen LogP contribution in [0.15, 0.2) is 6.07 Å². The van der Waals surface area contributed by atoms with Crippen molar-refractivity contribution in [1.82, 2.24) is 5.32 Å². The number of nitrogens with one attached hydrogen (secondary N) is 1. The lowest BCUT2D eigenvalue weighted by molar-refractivity contribution is 0.0979. The van der Waals surface area contributed by atoms with Crippen molar-refractivity contribution in [3.8, 4) is 0 Å². The van der Waals surface area contributed by atoms with Crippen LogP contribution in [-0.4, -0.2) is 25.0 Å². The maximum atomic E-state index is 11.6. The third-order valence-electron chi connectivity index (χ3n) is 1.63. The molecule has 1 aromatic rings. The van der Waals surface area contributed by atoms with Gasteiger partial charge in [-0.2, -0.15) is 0 Å². The van der Waals surface area contributed by atoms with E-state index in [9.17, 15) is 9.59 Å². The van der Waals surface area contributed by atoms with Crippen molar-refractivity contribution >= 4 is 46.4 Å². The number of carbonyl (C=O) groups excluding carboxylic acids is 2. The maximum absolute atomic E-state index is 11.6. The zero-order chi connectivity index (χ0) is 12.1. The zero-order valence-corrected chi connectivity index (χ0v) is 10.7. The molecule has 0 bridgehead atoms. The Morgan fingerprint density at radius 2 is 2.19 bits per heavy atom. The number of hydrogen-bond acceptors (Lipinski definition) is 4. The number of alkyl carbamates (subject to hydrolysis) is 1. The Kier molecular flexibility index (Phi) is 5.05. The van der Waals surface area contributed by atoms with E-state index in [-0.39, 0.29) is 18.9 Å². The highest BCUT2D eigenvalue weighted by molar-refractivity contribution is 7.20.